The number of methoxy groups -OCH3 is 1. The van der Waals surface area contributed by atoms with Crippen molar-refractivity contribution in [1.82, 2.24) is 14.6 Å². The highest BCUT2D eigenvalue weighted by Gasteiger charge is 2.33. The monoisotopic (exact) mass is 582 g/mol. The number of nitrogens with two attached hydrogens (primary N) is 1. The van der Waals surface area contributed by atoms with E-state index < -0.39 is 21.7 Å². The quantitative estimate of drug-likeness (QED) is 0.212. The molecule has 4 aromatic rings. The highest BCUT2D eigenvalue weighted by Crippen LogP contribution is 2.26. The Hall–Kier alpha value is -3.51. The van der Waals surface area contributed by atoms with Crippen molar-refractivity contribution < 1.29 is 23.1 Å². The summed E-state index contributed by atoms with van der Waals surface area (Å²) in [6.45, 7) is 4.08. The molecule has 11 heteroatoms. The van der Waals surface area contributed by atoms with Crippen LogP contribution in [0.4, 0.5) is 5.13 Å². The zero-order valence-electron chi connectivity index (χ0n) is 22.7. The minimum absolute atomic E-state index is 0.0133. The lowest BCUT2D eigenvalue weighted by molar-refractivity contribution is -0.00267. The largest absolute Gasteiger partial charge is 0.497 e. The van der Waals surface area contributed by atoms with Gasteiger partial charge in [-0.25, -0.2) is 13.4 Å². The van der Waals surface area contributed by atoms with Gasteiger partial charge in [-0.3, -0.25) is 4.79 Å². The molecule has 4 N–H and O–H groups in total. The summed E-state index contributed by atoms with van der Waals surface area (Å²) in [4.78, 5) is 17.7. The van der Waals surface area contributed by atoms with E-state index in [1.165, 1.54) is 34.9 Å². The third kappa shape index (κ3) is 7.16. The number of aliphatic hydroxyl groups is 1. The molecule has 40 heavy (non-hydrogen) atoms. The van der Waals surface area contributed by atoms with Crippen LogP contribution in [0.15, 0.2) is 77.7 Å². The van der Waals surface area contributed by atoms with Gasteiger partial charge >= 0.3 is 0 Å². The first-order valence-electron chi connectivity index (χ1n) is 12.9. The fraction of sp³-hybridized carbons (Fsp3) is 0.310. The summed E-state index contributed by atoms with van der Waals surface area (Å²) in [5.41, 5.74) is 5.90. The Labute approximate surface area is 238 Å². The normalized spacial score (nSPS) is 13.4. The van der Waals surface area contributed by atoms with Crippen LogP contribution in [0.2, 0.25) is 0 Å². The van der Waals surface area contributed by atoms with E-state index in [9.17, 15) is 18.3 Å². The topological polar surface area (TPSA) is 135 Å². The first kappa shape index (κ1) is 29.5. The minimum Gasteiger partial charge on any atom is -0.497 e. The Morgan fingerprint density at radius 3 is 2.48 bits per heavy atom. The maximum Gasteiger partial charge on any atom is 0.253 e. The number of anilines is 1. The van der Waals surface area contributed by atoms with E-state index in [0.29, 0.717) is 22.0 Å². The van der Waals surface area contributed by atoms with Gasteiger partial charge in [-0.05, 0) is 53.9 Å². The molecular formula is C29H34N4O5S2. The predicted octanol–water partition coefficient (Wildman–Crippen LogP) is 4.29. The molecule has 1 aromatic heterocycles. The number of fused-ring (bicyclic) bond motifs is 1. The molecular weight excluding hydrogens is 548 g/mol. The molecule has 0 aliphatic rings. The van der Waals surface area contributed by atoms with E-state index in [-0.39, 0.29) is 36.7 Å². The second-order valence-corrected chi connectivity index (χ2v) is 13.1. The van der Waals surface area contributed by atoms with Crippen molar-refractivity contribution in [3.63, 3.8) is 0 Å². The van der Waals surface area contributed by atoms with Crippen molar-refractivity contribution in [3.8, 4) is 5.75 Å². The zero-order chi connectivity index (χ0) is 28.9. The lowest BCUT2D eigenvalue weighted by Gasteiger charge is -2.33. The Morgan fingerprint density at radius 2 is 1.82 bits per heavy atom. The minimum atomic E-state index is -3.88. The Bertz CT molecular complexity index is 1560. The zero-order valence-corrected chi connectivity index (χ0v) is 24.3. The number of ether oxygens (including phenoxy) is 1. The molecule has 0 bridgehead atoms. The molecule has 0 aliphatic carbocycles. The van der Waals surface area contributed by atoms with Crippen molar-refractivity contribution in [1.29, 1.82) is 0 Å². The van der Waals surface area contributed by atoms with Gasteiger partial charge < -0.3 is 20.9 Å². The maximum absolute atomic E-state index is 13.6. The number of rotatable bonds is 12. The summed E-state index contributed by atoms with van der Waals surface area (Å²) < 4.78 is 34.5. The molecule has 0 saturated heterocycles. The number of aromatic nitrogens is 1. The van der Waals surface area contributed by atoms with Crippen LogP contribution in [0.1, 0.15) is 36.2 Å². The Balaban J connectivity index is 1.60. The number of nitrogens with zero attached hydrogens (tertiary/aromatic N) is 2. The highest BCUT2D eigenvalue weighted by atomic mass is 32.2. The van der Waals surface area contributed by atoms with E-state index in [1.807, 2.05) is 44.2 Å². The van der Waals surface area contributed by atoms with Gasteiger partial charge in [0, 0.05) is 31.5 Å². The van der Waals surface area contributed by atoms with Gasteiger partial charge in [0.25, 0.3) is 5.91 Å². The summed E-state index contributed by atoms with van der Waals surface area (Å²) in [7, 11) is -2.37. The summed E-state index contributed by atoms with van der Waals surface area (Å²) in [5, 5.41) is 15.0. The van der Waals surface area contributed by atoms with Crippen molar-refractivity contribution in [2.24, 2.45) is 5.92 Å². The average molecular weight is 583 g/mol. The summed E-state index contributed by atoms with van der Waals surface area (Å²) in [6, 6.07) is 20.5. The smallest absolute Gasteiger partial charge is 0.253 e. The molecule has 0 fully saturated rings. The van der Waals surface area contributed by atoms with Crippen molar-refractivity contribution in [3.05, 3.63) is 83.9 Å². The number of nitrogen functional groups attached to an aromatic ring is 1. The van der Waals surface area contributed by atoms with Gasteiger partial charge in [0.2, 0.25) is 10.0 Å². The summed E-state index contributed by atoms with van der Waals surface area (Å²) in [5.74, 6) is 0.0950. The Kier molecular flexibility index (Phi) is 9.09. The van der Waals surface area contributed by atoms with Gasteiger partial charge in [0.1, 0.15) is 11.5 Å². The molecule has 1 heterocycles. The fourth-order valence-electron chi connectivity index (χ4n) is 4.42. The number of thiazole rings is 1. The van der Waals surface area contributed by atoms with E-state index in [1.54, 1.807) is 30.3 Å². The van der Waals surface area contributed by atoms with Crippen LogP contribution in [-0.2, 0) is 16.4 Å². The molecule has 212 valence electrons. The van der Waals surface area contributed by atoms with Crippen molar-refractivity contribution in [2.45, 2.75) is 37.3 Å². The number of benzene rings is 3. The SMILES string of the molecule is COc1ccc(S(=O)(=O)N(CCC(O)(Cc2ccccc2)NC(=O)c2ccc3nc(N)sc3c2)CC(C)C)cc1. The van der Waals surface area contributed by atoms with Gasteiger partial charge in [-0.15, -0.1) is 0 Å². The first-order valence-corrected chi connectivity index (χ1v) is 15.1. The molecule has 1 atom stereocenters. The predicted molar refractivity (Wildman–Crippen MR) is 158 cm³/mol. The first-order chi connectivity index (χ1) is 19.0. The number of sulfonamides is 1. The van der Waals surface area contributed by atoms with Gasteiger partial charge in [-0.1, -0.05) is 55.5 Å². The molecule has 0 aliphatic heterocycles. The second-order valence-electron chi connectivity index (χ2n) is 10.1. The molecule has 1 unspecified atom stereocenters. The van der Waals surface area contributed by atoms with Crippen LogP contribution in [-0.4, -0.2) is 54.6 Å². The summed E-state index contributed by atoms with van der Waals surface area (Å²) >= 11 is 1.27. The summed E-state index contributed by atoms with van der Waals surface area (Å²) in [6.07, 6.45) is 0.0545. The molecule has 4 rings (SSSR count). The number of nitrogens with one attached hydrogen (secondary N) is 1. The van der Waals surface area contributed by atoms with Crippen LogP contribution in [0, 0.1) is 5.92 Å². The number of carbonyl (C=O) groups excluding carboxylic acids is 1. The van der Waals surface area contributed by atoms with E-state index in [4.69, 9.17) is 10.5 Å². The van der Waals surface area contributed by atoms with Gasteiger partial charge in [-0.2, -0.15) is 4.31 Å². The van der Waals surface area contributed by atoms with Crippen LogP contribution in [0.5, 0.6) is 5.75 Å². The van der Waals surface area contributed by atoms with Crippen LogP contribution < -0.4 is 15.8 Å². The average Bonchev–Trinajstić information content (AvgIpc) is 3.30. The molecule has 0 spiro atoms. The van der Waals surface area contributed by atoms with Gasteiger partial charge in [0.15, 0.2) is 5.13 Å². The number of hydrogen-bond donors (Lipinski definition) is 3. The van der Waals surface area contributed by atoms with Crippen LogP contribution >= 0.6 is 11.3 Å². The molecule has 0 radical (unpaired) electrons. The van der Waals surface area contributed by atoms with E-state index >= 15 is 0 Å². The lowest BCUT2D eigenvalue weighted by Crippen LogP contribution is -2.52. The standard InChI is InChI=1S/C29H34N4O5S2/c1-20(2)19-33(40(36,37)24-12-10-23(38-3)11-13-24)16-15-29(35,18-21-7-5-4-6-8-21)32-27(34)22-9-14-25-26(17-22)39-28(30)31-25/h4-14,17,20,35H,15-16,18-19H2,1-3H3,(H2,30,31)(H,32,34). The van der Waals surface area contributed by atoms with Crippen molar-refractivity contribution in [2.75, 3.05) is 25.9 Å². The number of hydrogen-bond acceptors (Lipinski definition) is 8. The van der Waals surface area contributed by atoms with Crippen molar-refractivity contribution >= 4 is 42.6 Å². The molecule has 9 nitrogen and oxygen atoms in total. The third-order valence-electron chi connectivity index (χ3n) is 6.39. The number of carbonyl (C=O) groups is 1. The van der Waals surface area contributed by atoms with Gasteiger partial charge in [0.05, 0.1) is 22.2 Å². The molecule has 0 saturated carbocycles. The fourth-order valence-corrected chi connectivity index (χ4v) is 6.80. The lowest BCUT2D eigenvalue weighted by atomic mass is 9.98. The maximum atomic E-state index is 13.6. The number of amides is 1. The van der Waals surface area contributed by atoms with E-state index in [0.717, 1.165) is 10.3 Å². The van der Waals surface area contributed by atoms with Crippen LogP contribution in [0.3, 0.4) is 0 Å². The third-order valence-corrected chi connectivity index (χ3v) is 9.12. The van der Waals surface area contributed by atoms with Crippen LogP contribution in [0.25, 0.3) is 10.2 Å². The molecule has 1 amide bonds. The molecule has 3 aromatic carbocycles. The second kappa shape index (κ2) is 12.3. The van der Waals surface area contributed by atoms with E-state index in [2.05, 4.69) is 10.3 Å². The highest BCUT2D eigenvalue weighted by molar-refractivity contribution is 7.89. The Morgan fingerprint density at radius 1 is 1.12 bits per heavy atom.